The molecule has 100 valence electrons. The van der Waals surface area contributed by atoms with Gasteiger partial charge in [0, 0.05) is 6.07 Å². The number of ether oxygens (including phenoxy) is 1. The van der Waals surface area contributed by atoms with Crippen molar-refractivity contribution in [3.8, 4) is 5.88 Å². The minimum atomic E-state index is 0.00801. The number of nitrogens with two attached hydrogens (primary N) is 1. The molecule has 3 atom stereocenters. The van der Waals surface area contributed by atoms with Crippen molar-refractivity contribution in [1.82, 2.24) is 10.2 Å². The Balaban J connectivity index is 2.10. The molecule has 3 unspecified atom stereocenters. The van der Waals surface area contributed by atoms with Gasteiger partial charge in [0.2, 0.25) is 5.88 Å². The average Bonchev–Trinajstić information content (AvgIpc) is 2.46. The SMILES string of the molecule is CCC1CCCCC1C(N)c1ccc(OC)nn1. The second kappa shape index (κ2) is 6.14. The van der Waals surface area contributed by atoms with Gasteiger partial charge >= 0.3 is 0 Å². The minimum absolute atomic E-state index is 0.00801. The molecule has 18 heavy (non-hydrogen) atoms. The van der Waals surface area contributed by atoms with Gasteiger partial charge in [0.05, 0.1) is 18.8 Å². The summed E-state index contributed by atoms with van der Waals surface area (Å²) in [6.45, 7) is 2.26. The van der Waals surface area contributed by atoms with E-state index in [0.29, 0.717) is 11.8 Å². The zero-order valence-electron chi connectivity index (χ0n) is 11.3. The Morgan fingerprint density at radius 1 is 1.33 bits per heavy atom. The van der Waals surface area contributed by atoms with Crippen molar-refractivity contribution < 1.29 is 4.74 Å². The fourth-order valence-electron chi connectivity index (χ4n) is 3.05. The van der Waals surface area contributed by atoms with E-state index < -0.39 is 0 Å². The van der Waals surface area contributed by atoms with E-state index in [1.807, 2.05) is 12.1 Å². The molecule has 0 amide bonds. The van der Waals surface area contributed by atoms with E-state index in [-0.39, 0.29) is 6.04 Å². The molecule has 1 saturated carbocycles. The Hall–Kier alpha value is -1.16. The van der Waals surface area contributed by atoms with Gasteiger partial charge < -0.3 is 10.5 Å². The normalized spacial score (nSPS) is 25.7. The Labute approximate surface area is 109 Å². The molecule has 2 rings (SSSR count). The Bertz CT molecular complexity index is 366. The molecule has 1 fully saturated rings. The van der Waals surface area contributed by atoms with Crippen LogP contribution in [0.3, 0.4) is 0 Å². The maximum atomic E-state index is 6.38. The second-order valence-electron chi connectivity index (χ2n) is 5.14. The first-order chi connectivity index (χ1) is 8.76. The van der Waals surface area contributed by atoms with E-state index in [1.165, 1.54) is 32.1 Å². The highest BCUT2D eigenvalue weighted by Gasteiger charge is 2.30. The van der Waals surface area contributed by atoms with E-state index in [0.717, 1.165) is 11.6 Å². The molecule has 4 nitrogen and oxygen atoms in total. The Kier molecular flexibility index (Phi) is 4.53. The molecule has 0 aliphatic heterocycles. The van der Waals surface area contributed by atoms with Crippen molar-refractivity contribution in [1.29, 1.82) is 0 Å². The lowest BCUT2D eigenvalue weighted by molar-refractivity contribution is 0.194. The Morgan fingerprint density at radius 2 is 2.11 bits per heavy atom. The van der Waals surface area contributed by atoms with E-state index in [2.05, 4.69) is 17.1 Å². The molecule has 2 N–H and O–H groups in total. The van der Waals surface area contributed by atoms with Crippen LogP contribution in [-0.2, 0) is 0 Å². The van der Waals surface area contributed by atoms with Gasteiger partial charge in [-0.2, -0.15) is 5.10 Å². The molecule has 0 saturated heterocycles. The van der Waals surface area contributed by atoms with Gasteiger partial charge in [0.15, 0.2) is 0 Å². The quantitative estimate of drug-likeness (QED) is 0.891. The monoisotopic (exact) mass is 249 g/mol. The van der Waals surface area contributed by atoms with Crippen LogP contribution >= 0.6 is 0 Å². The van der Waals surface area contributed by atoms with E-state index in [1.54, 1.807) is 7.11 Å². The molecular weight excluding hydrogens is 226 g/mol. The summed E-state index contributed by atoms with van der Waals surface area (Å²) < 4.78 is 5.02. The van der Waals surface area contributed by atoms with Crippen LogP contribution in [0.5, 0.6) is 5.88 Å². The molecule has 1 aromatic heterocycles. The predicted molar refractivity (Wildman–Crippen MR) is 71.3 cm³/mol. The highest BCUT2D eigenvalue weighted by Crippen LogP contribution is 2.38. The van der Waals surface area contributed by atoms with Crippen molar-refractivity contribution in [3.05, 3.63) is 17.8 Å². The fourth-order valence-corrected chi connectivity index (χ4v) is 3.05. The molecule has 0 bridgehead atoms. The highest BCUT2D eigenvalue weighted by molar-refractivity contribution is 5.14. The second-order valence-corrected chi connectivity index (χ2v) is 5.14. The molecule has 0 spiro atoms. The molecular formula is C14H23N3O. The summed E-state index contributed by atoms with van der Waals surface area (Å²) in [6, 6.07) is 3.79. The largest absolute Gasteiger partial charge is 0.480 e. The summed E-state index contributed by atoms with van der Waals surface area (Å²) in [5.41, 5.74) is 7.27. The topological polar surface area (TPSA) is 61.0 Å². The van der Waals surface area contributed by atoms with Crippen LogP contribution in [0.2, 0.25) is 0 Å². The summed E-state index contributed by atoms with van der Waals surface area (Å²) in [7, 11) is 1.60. The summed E-state index contributed by atoms with van der Waals surface area (Å²) in [4.78, 5) is 0. The van der Waals surface area contributed by atoms with Gasteiger partial charge in [0.1, 0.15) is 0 Å². The van der Waals surface area contributed by atoms with Crippen LogP contribution in [-0.4, -0.2) is 17.3 Å². The summed E-state index contributed by atoms with van der Waals surface area (Å²) in [5, 5.41) is 8.21. The lowest BCUT2D eigenvalue weighted by atomic mass is 9.73. The molecule has 4 heteroatoms. The van der Waals surface area contributed by atoms with Crippen LogP contribution in [0.4, 0.5) is 0 Å². The van der Waals surface area contributed by atoms with E-state index >= 15 is 0 Å². The highest BCUT2D eigenvalue weighted by atomic mass is 16.5. The molecule has 0 aromatic carbocycles. The van der Waals surface area contributed by atoms with Crippen molar-refractivity contribution in [3.63, 3.8) is 0 Å². The summed E-state index contributed by atoms with van der Waals surface area (Å²) in [6.07, 6.45) is 6.36. The first-order valence-corrected chi connectivity index (χ1v) is 6.89. The number of hydrogen-bond acceptors (Lipinski definition) is 4. The van der Waals surface area contributed by atoms with Crippen LogP contribution in [0.1, 0.15) is 50.8 Å². The third kappa shape index (κ3) is 2.80. The molecule has 0 radical (unpaired) electrons. The van der Waals surface area contributed by atoms with Crippen molar-refractivity contribution in [2.75, 3.05) is 7.11 Å². The minimum Gasteiger partial charge on any atom is -0.480 e. The van der Waals surface area contributed by atoms with E-state index in [9.17, 15) is 0 Å². The standard InChI is InChI=1S/C14H23N3O/c1-3-10-6-4-5-7-11(10)14(15)12-8-9-13(18-2)17-16-12/h8-11,14H,3-7,15H2,1-2H3. The van der Waals surface area contributed by atoms with Crippen molar-refractivity contribution in [2.24, 2.45) is 17.6 Å². The zero-order valence-corrected chi connectivity index (χ0v) is 11.3. The van der Waals surface area contributed by atoms with E-state index in [4.69, 9.17) is 10.5 Å². The lowest BCUT2D eigenvalue weighted by Gasteiger charge is -2.34. The first-order valence-electron chi connectivity index (χ1n) is 6.89. The molecule has 1 aromatic rings. The van der Waals surface area contributed by atoms with Crippen LogP contribution < -0.4 is 10.5 Å². The molecule has 1 aliphatic carbocycles. The van der Waals surface area contributed by atoms with Gasteiger partial charge in [-0.3, -0.25) is 0 Å². The third-order valence-corrected chi connectivity index (χ3v) is 4.16. The number of hydrogen-bond donors (Lipinski definition) is 1. The number of rotatable bonds is 4. The smallest absolute Gasteiger partial charge is 0.233 e. The van der Waals surface area contributed by atoms with Crippen LogP contribution in [0.15, 0.2) is 12.1 Å². The average molecular weight is 249 g/mol. The first kappa shape index (κ1) is 13.3. The molecule has 1 heterocycles. The lowest BCUT2D eigenvalue weighted by Crippen LogP contribution is -2.31. The zero-order chi connectivity index (χ0) is 13.0. The van der Waals surface area contributed by atoms with Gasteiger partial charge in [-0.05, 0) is 24.3 Å². The summed E-state index contributed by atoms with van der Waals surface area (Å²) >= 11 is 0. The number of aromatic nitrogens is 2. The number of nitrogens with zero attached hydrogens (tertiary/aromatic N) is 2. The van der Waals surface area contributed by atoms with Crippen LogP contribution in [0.25, 0.3) is 0 Å². The number of methoxy groups -OCH3 is 1. The summed E-state index contributed by atoms with van der Waals surface area (Å²) in [5.74, 6) is 1.82. The van der Waals surface area contributed by atoms with Crippen molar-refractivity contribution in [2.45, 2.75) is 45.1 Å². The van der Waals surface area contributed by atoms with Crippen molar-refractivity contribution >= 4 is 0 Å². The fraction of sp³-hybridized carbons (Fsp3) is 0.714. The van der Waals surface area contributed by atoms with Gasteiger partial charge in [-0.1, -0.05) is 32.6 Å². The van der Waals surface area contributed by atoms with Gasteiger partial charge in [-0.25, -0.2) is 0 Å². The maximum Gasteiger partial charge on any atom is 0.233 e. The predicted octanol–water partition coefficient (Wildman–Crippen LogP) is 2.70. The third-order valence-electron chi connectivity index (χ3n) is 4.16. The van der Waals surface area contributed by atoms with Gasteiger partial charge in [-0.15, -0.1) is 5.10 Å². The van der Waals surface area contributed by atoms with Gasteiger partial charge in [0.25, 0.3) is 0 Å². The maximum absolute atomic E-state index is 6.38. The van der Waals surface area contributed by atoms with Crippen LogP contribution in [0, 0.1) is 11.8 Å². The molecule has 1 aliphatic rings. The Morgan fingerprint density at radius 3 is 2.72 bits per heavy atom.